The number of fused-ring (bicyclic) bond motifs is 1. The van der Waals surface area contributed by atoms with Crippen LogP contribution in [-0.2, 0) is 9.59 Å². The molecule has 4 rings (SSSR count). The molecule has 39 heavy (non-hydrogen) atoms. The van der Waals surface area contributed by atoms with Crippen LogP contribution < -0.4 is 26.8 Å². The average Bonchev–Trinajstić information content (AvgIpc) is 3.28. The molecule has 2 aromatic carbocycles. The molecule has 0 saturated carbocycles. The summed E-state index contributed by atoms with van der Waals surface area (Å²) in [7, 11) is 0. The summed E-state index contributed by atoms with van der Waals surface area (Å²) in [5, 5.41) is 20.0. The van der Waals surface area contributed by atoms with Gasteiger partial charge in [-0.05, 0) is 29.8 Å². The highest BCUT2D eigenvalue weighted by atomic mass is 19.3. The van der Waals surface area contributed by atoms with E-state index in [4.69, 9.17) is 11.5 Å². The number of aliphatic imine (C=N–C) groups is 1. The SMILES string of the molecule is NC(=O)c1cc(NC2=NCC(F)CN2)c2cnn(C(C(N)=O)[C@@H](CC(=O)O)c3cccc(OC(F)F)c3)c2c1. The van der Waals surface area contributed by atoms with E-state index >= 15 is 0 Å². The van der Waals surface area contributed by atoms with Crippen LogP contribution in [0.2, 0.25) is 0 Å². The number of anilines is 1. The van der Waals surface area contributed by atoms with E-state index in [0.29, 0.717) is 11.1 Å². The molecule has 1 aliphatic rings. The zero-order valence-electron chi connectivity index (χ0n) is 20.2. The van der Waals surface area contributed by atoms with Gasteiger partial charge in [0.1, 0.15) is 18.0 Å². The zero-order chi connectivity index (χ0) is 28.3. The van der Waals surface area contributed by atoms with E-state index in [2.05, 4.69) is 25.5 Å². The number of aliphatic carboxylic acids is 1. The van der Waals surface area contributed by atoms with Crippen LogP contribution in [0, 0.1) is 0 Å². The van der Waals surface area contributed by atoms with Gasteiger partial charge in [0.05, 0.1) is 36.9 Å². The summed E-state index contributed by atoms with van der Waals surface area (Å²) < 4.78 is 44.6. The standard InChI is InChI=1S/C24H24F3N7O5/c25-13-8-30-24(31-9-13)33-17-5-12(21(28)37)6-18-16(17)10-32-34(18)20(22(29)38)15(7-19(35)36)11-2-1-3-14(4-11)39-23(26)27/h1-6,10,13,15,20,23H,7-9H2,(H2,28,37)(H2,29,38)(H,35,36)(H2,30,31,33)/t15-,20?/m0/s1. The van der Waals surface area contributed by atoms with Crippen LogP contribution in [0.3, 0.4) is 0 Å². The van der Waals surface area contributed by atoms with Gasteiger partial charge in [-0.15, -0.1) is 0 Å². The molecule has 15 heteroatoms. The molecule has 0 radical (unpaired) electrons. The largest absolute Gasteiger partial charge is 0.481 e. The molecule has 0 fully saturated rings. The number of carbonyl (C=O) groups is 3. The van der Waals surface area contributed by atoms with Crippen LogP contribution in [0.4, 0.5) is 18.9 Å². The first-order chi connectivity index (χ1) is 18.5. The van der Waals surface area contributed by atoms with Crippen molar-refractivity contribution in [2.75, 3.05) is 18.4 Å². The number of rotatable bonds is 10. The summed E-state index contributed by atoms with van der Waals surface area (Å²) in [4.78, 5) is 40.8. The molecular weight excluding hydrogens is 523 g/mol. The molecule has 2 unspecified atom stereocenters. The fourth-order valence-electron chi connectivity index (χ4n) is 4.35. The number of hydrogen-bond acceptors (Lipinski definition) is 8. The second kappa shape index (κ2) is 11.3. The van der Waals surface area contributed by atoms with Gasteiger partial charge in [-0.3, -0.25) is 19.1 Å². The highest BCUT2D eigenvalue weighted by Gasteiger charge is 2.34. The van der Waals surface area contributed by atoms with E-state index in [-0.39, 0.29) is 41.4 Å². The lowest BCUT2D eigenvalue weighted by atomic mass is 9.87. The number of nitrogens with zero attached hydrogens (tertiary/aromatic N) is 3. The van der Waals surface area contributed by atoms with Crippen LogP contribution in [0.1, 0.15) is 34.3 Å². The minimum atomic E-state index is -3.13. The van der Waals surface area contributed by atoms with Crippen LogP contribution >= 0.6 is 0 Å². The first-order valence-electron chi connectivity index (χ1n) is 11.6. The predicted octanol–water partition coefficient (Wildman–Crippen LogP) is 1.73. The molecule has 206 valence electrons. The molecule has 3 atom stereocenters. The minimum Gasteiger partial charge on any atom is -0.481 e. The number of guanidine groups is 1. The molecular formula is C24H24F3N7O5. The first-order valence-corrected chi connectivity index (χ1v) is 11.6. The maximum Gasteiger partial charge on any atom is 0.387 e. The van der Waals surface area contributed by atoms with Crippen molar-refractivity contribution in [3.8, 4) is 5.75 Å². The van der Waals surface area contributed by atoms with Gasteiger partial charge in [0.2, 0.25) is 11.8 Å². The fraction of sp³-hybridized carbons (Fsp3) is 0.292. The van der Waals surface area contributed by atoms with Gasteiger partial charge in [-0.2, -0.15) is 13.9 Å². The number of amides is 2. The van der Waals surface area contributed by atoms with Crippen LogP contribution in [0.25, 0.3) is 10.9 Å². The smallest absolute Gasteiger partial charge is 0.387 e. The van der Waals surface area contributed by atoms with Crippen molar-refractivity contribution in [1.82, 2.24) is 15.1 Å². The molecule has 2 heterocycles. The lowest BCUT2D eigenvalue weighted by Gasteiger charge is -2.25. The molecule has 3 aromatic rings. The van der Waals surface area contributed by atoms with Crippen LogP contribution in [-0.4, -0.2) is 64.5 Å². The minimum absolute atomic E-state index is 0.0110. The van der Waals surface area contributed by atoms with E-state index in [9.17, 15) is 32.7 Å². The third-order valence-corrected chi connectivity index (χ3v) is 6.03. The van der Waals surface area contributed by atoms with Crippen molar-refractivity contribution in [3.63, 3.8) is 0 Å². The fourth-order valence-corrected chi connectivity index (χ4v) is 4.35. The topological polar surface area (TPSA) is 187 Å². The van der Waals surface area contributed by atoms with E-state index < -0.39 is 48.9 Å². The maximum absolute atomic E-state index is 13.5. The van der Waals surface area contributed by atoms with Gasteiger partial charge < -0.3 is 31.9 Å². The van der Waals surface area contributed by atoms with Crippen molar-refractivity contribution in [1.29, 1.82) is 0 Å². The Bertz CT molecular complexity index is 1440. The van der Waals surface area contributed by atoms with Crippen molar-refractivity contribution in [2.45, 2.75) is 31.2 Å². The molecule has 2 amide bonds. The number of alkyl halides is 3. The summed E-state index contributed by atoms with van der Waals surface area (Å²) in [6.07, 6.45) is -0.436. The second-order valence-electron chi connectivity index (χ2n) is 8.71. The van der Waals surface area contributed by atoms with Crippen molar-refractivity contribution < 1.29 is 37.4 Å². The third kappa shape index (κ3) is 6.19. The van der Waals surface area contributed by atoms with E-state index in [1.165, 1.54) is 42.6 Å². The summed E-state index contributed by atoms with van der Waals surface area (Å²) >= 11 is 0. The summed E-state index contributed by atoms with van der Waals surface area (Å²) in [5.74, 6) is -4.28. The Labute approximate surface area is 218 Å². The average molecular weight is 547 g/mol. The van der Waals surface area contributed by atoms with Gasteiger partial charge in [-0.25, -0.2) is 9.38 Å². The normalized spacial score (nSPS) is 16.7. The van der Waals surface area contributed by atoms with Crippen LogP contribution in [0.5, 0.6) is 5.75 Å². The summed E-state index contributed by atoms with van der Waals surface area (Å²) in [6, 6.07) is 6.59. The van der Waals surface area contributed by atoms with Crippen LogP contribution in [0.15, 0.2) is 47.6 Å². The lowest BCUT2D eigenvalue weighted by Crippen LogP contribution is -2.41. The van der Waals surface area contributed by atoms with E-state index in [0.717, 1.165) is 4.68 Å². The Kier molecular flexibility index (Phi) is 7.88. The van der Waals surface area contributed by atoms with Gasteiger partial charge in [0, 0.05) is 16.9 Å². The summed E-state index contributed by atoms with van der Waals surface area (Å²) in [6.45, 7) is -3.20. The van der Waals surface area contributed by atoms with Crippen molar-refractivity contribution in [2.24, 2.45) is 16.5 Å². The number of primary amides is 2. The molecule has 12 nitrogen and oxygen atoms in total. The molecule has 0 spiro atoms. The first kappa shape index (κ1) is 27.2. The Morgan fingerprint density at radius 1 is 1.23 bits per heavy atom. The van der Waals surface area contributed by atoms with Gasteiger partial charge in [0.15, 0.2) is 5.96 Å². The molecule has 0 bridgehead atoms. The van der Waals surface area contributed by atoms with Gasteiger partial charge >= 0.3 is 12.6 Å². The Balaban J connectivity index is 1.84. The molecule has 1 aromatic heterocycles. The molecule has 0 saturated heterocycles. The second-order valence-corrected chi connectivity index (χ2v) is 8.71. The molecule has 1 aliphatic heterocycles. The number of nitrogens with one attached hydrogen (secondary N) is 2. The highest BCUT2D eigenvalue weighted by Crippen LogP contribution is 2.37. The van der Waals surface area contributed by atoms with E-state index in [1.807, 2.05) is 0 Å². The molecule has 0 aliphatic carbocycles. The number of carboxylic acid groups (broad SMARTS) is 1. The number of nitrogens with two attached hydrogens (primary N) is 2. The lowest BCUT2D eigenvalue weighted by molar-refractivity contribution is -0.138. The Morgan fingerprint density at radius 2 is 2.00 bits per heavy atom. The maximum atomic E-state index is 13.5. The quantitative estimate of drug-likeness (QED) is 0.254. The van der Waals surface area contributed by atoms with Crippen molar-refractivity contribution >= 4 is 40.3 Å². The summed E-state index contributed by atoms with van der Waals surface area (Å²) in [5.41, 5.74) is 11.9. The zero-order valence-corrected chi connectivity index (χ0v) is 20.2. The number of hydrogen-bond donors (Lipinski definition) is 5. The Hall–Kier alpha value is -4.82. The van der Waals surface area contributed by atoms with E-state index in [1.54, 1.807) is 0 Å². The number of carboxylic acids is 1. The monoisotopic (exact) mass is 547 g/mol. The Morgan fingerprint density at radius 3 is 2.62 bits per heavy atom. The number of ether oxygens (including phenoxy) is 1. The number of carbonyl (C=O) groups excluding carboxylic acids is 2. The number of benzene rings is 2. The van der Waals surface area contributed by atoms with Gasteiger partial charge in [-0.1, -0.05) is 12.1 Å². The number of halogens is 3. The number of aromatic nitrogens is 2. The molecule has 7 N–H and O–H groups in total. The third-order valence-electron chi connectivity index (χ3n) is 6.03. The van der Waals surface area contributed by atoms with Crippen molar-refractivity contribution in [3.05, 3.63) is 53.7 Å². The predicted molar refractivity (Wildman–Crippen MR) is 133 cm³/mol. The van der Waals surface area contributed by atoms with Gasteiger partial charge in [0.25, 0.3) is 0 Å². The highest BCUT2D eigenvalue weighted by molar-refractivity contribution is 6.07.